The molecule has 1 saturated carbocycles. The quantitative estimate of drug-likeness (QED) is 0.265. The molecule has 0 spiro atoms. The van der Waals surface area contributed by atoms with Crippen LogP contribution in [0.25, 0.3) is 16.7 Å². The van der Waals surface area contributed by atoms with E-state index in [2.05, 4.69) is 15.3 Å². The van der Waals surface area contributed by atoms with Gasteiger partial charge in [0, 0.05) is 55.3 Å². The maximum absolute atomic E-state index is 13.2. The van der Waals surface area contributed by atoms with Crippen molar-refractivity contribution in [1.82, 2.24) is 29.0 Å². The summed E-state index contributed by atoms with van der Waals surface area (Å²) in [5.74, 6) is 1.91. The number of amides is 1. The first-order valence-corrected chi connectivity index (χ1v) is 16.9. The molecule has 1 aromatic carbocycles. The summed E-state index contributed by atoms with van der Waals surface area (Å²) in [5.41, 5.74) is -0.0403. The highest BCUT2D eigenvalue weighted by Crippen LogP contribution is 2.32. The molecule has 0 unspecified atom stereocenters. The van der Waals surface area contributed by atoms with Crippen LogP contribution in [0.3, 0.4) is 0 Å². The summed E-state index contributed by atoms with van der Waals surface area (Å²) in [6.07, 6.45) is 4.48. The van der Waals surface area contributed by atoms with Crippen LogP contribution in [0.2, 0.25) is 0 Å². The zero-order valence-electron chi connectivity index (χ0n) is 24.7. The first-order chi connectivity index (χ1) is 21.4. The first-order valence-electron chi connectivity index (χ1n) is 14.9. The van der Waals surface area contributed by atoms with Gasteiger partial charge in [-0.15, -0.1) is 0 Å². The minimum Gasteiger partial charge on any atom is -0.493 e. The number of halogens is 3. The third-order valence-corrected chi connectivity index (χ3v) is 9.34. The van der Waals surface area contributed by atoms with Gasteiger partial charge in [-0.2, -0.15) is 18.2 Å². The maximum atomic E-state index is 13.2. The van der Waals surface area contributed by atoms with Gasteiger partial charge in [0.25, 0.3) is 0 Å². The number of ether oxygens (including phenoxy) is 1. The van der Waals surface area contributed by atoms with Crippen molar-refractivity contribution in [3.05, 3.63) is 60.4 Å². The predicted molar refractivity (Wildman–Crippen MR) is 161 cm³/mol. The third-order valence-electron chi connectivity index (χ3n) is 8.31. The SMILES string of the molecule is CS(=O)(=O)CCCOc1cccc2c1ccn2-c1ccnc(NC2CCC(C(=O)N3CCn4cc(C(F)(F)F)nc4C3)CC2)n1. The molecule has 0 saturated heterocycles. The molecule has 11 nitrogen and oxygen atoms in total. The summed E-state index contributed by atoms with van der Waals surface area (Å²) in [4.78, 5) is 27.7. The second-order valence-electron chi connectivity index (χ2n) is 11.6. The Morgan fingerprint density at radius 1 is 1.09 bits per heavy atom. The molecule has 0 atom stereocenters. The average Bonchev–Trinajstić information content (AvgIpc) is 3.64. The molecule has 4 aromatic rings. The lowest BCUT2D eigenvalue weighted by molar-refractivity contribution is -0.141. The Labute approximate surface area is 258 Å². The lowest BCUT2D eigenvalue weighted by Crippen LogP contribution is -2.43. The summed E-state index contributed by atoms with van der Waals surface area (Å²) >= 11 is 0. The number of sulfone groups is 1. The van der Waals surface area contributed by atoms with E-state index < -0.39 is 21.7 Å². The van der Waals surface area contributed by atoms with Crippen LogP contribution in [0.15, 0.2) is 48.9 Å². The van der Waals surface area contributed by atoms with Crippen molar-refractivity contribution in [2.45, 2.75) is 57.4 Å². The smallest absolute Gasteiger partial charge is 0.434 e. The number of carbonyl (C=O) groups excluding carboxylic acids is 1. The zero-order chi connectivity index (χ0) is 31.8. The second-order valence-corrected chi connectivity index (χ2v) is 13.9. The fourth-order valence-electron chi connectivity index (χ4n) is 6.02. The van der Waals surface area contributed by atoms with Crippen LogP contribution in [0, 0.1) is 5.92 Å². The van der Waals surface area contributed by atoms with Gasteiger partial charge in [-0.3, -0.25) is 4.79 Å². The standard InChI is InChI=1S/C30H34F3N7O4S/c1-45(42,43)17-3-16-44-24-5-2-4-23-22(24)11-13-40(23)26-10-12-34-29(37-26)35-21-8-6-20(7-9-21)28(41)39-15-14-38-18-25(30(31,32)33)36-27(38)19-39/h2,4-5,10-13,18,20-21H,3,6-9,14-17,19H2,1H3,(H,34,35,37). The number of hydrogen-bond acceptors (Lipinski definition) is 8. The molecule has 15 heteroatoms. The topological polar surface area (TPSA) is 124 Å². The molecule has 4 heterocycles. The molecule has 1 aliphatic carbocycles. The van der Waals surface area contributed by atoms with Crippen molar-refractivity contribution < 1.29 is 31.1 Å². The molecule has 240 valence electrons. The van der Waals surface area contributed by atoms with E-state index in [0.717, 1.165) is 29.9 Å². The van der Waals surface area contributed by atoms with Crippen molar-refractivity contribution in [2.75, 3.05) is 30.5 Å². The van der Waals surface area contributed by atoms with E-state index in [-0.39, 0.29) is 36.0 Å². The summed E-state index contributed by atoms with van der Waals surface area (Å²) < 4.78 is 71.3. The number of alkyl halides is 3. The Morgan fingerprint density at radius 3 is 2.64 bits per heavy atom. The van der Waals surface area contributed by atoms with Crippen molar-refractivity contribution in [1.29, 1.82) is 0 Å². The Morgan fingerprint density at radius 2 is 1.89 bits per heavy atom. The van der Waals surface area contributed by atoms with E-state index >= 15 is 0 Å². The van der Waals surface area contributed by atoms with E-state index in [1.54, 1.807) is 17.2 Å². The van der Waals surface area contributed by atoms with Crippen LogP contribution in [0.1, 0.15) is 43.6 Å². The van der Waals surface area contributed by atoms with Crippen molar-refractivity contribution >= 4 is 32.6 Å². The first kappa shape index (κ1) is 30.9. The van der Waals surface area contributed by atoms with Crippen LogP contribution in [-0.2, 0) is 33.9 Å². The van der Waals surface area contributed by atoms with Gasteiger partial charge < -0.3 is 24.1 Å². The highest BCUT2D eigenvalue weighted by molar-refractivity contribution is 7.90. The highest BCUT2D eigenvalue weighted by atomic mass is 32.2. The zero-order valence-corrected chi connectivity index (χ0v) is 25.5. The average molecular weight is 646 g/mol. The number of hydrogen-bond donors (Lipinski definition) is 1. The molecule has 1 fully saturated rings. The van der Waals surface area contributed by atoms with Crippen LogP contribution in [0.4, 0.5) is 19.1 Å². The highest BCUT2D eigenvalue weighted by Gasteiger charge is 2.37. The summed E-state index contributed by atoms with van der Waals surface area (Å²) in [6.45, 7) is 1.03. The van der Waals surface area contributed by atoms with Gasteiger partial charge in [0.2, 0.25) is 11.9 Å². The Kier molecular flexibility index (Phi) is 8.46. The van der Waals surface area contributed by atoms with Crippen LogP contribution >= 0.6 is 0 Å². The van der Waals surface area contributed by atoms with Crippen LogP contribution in [-0.4, -0.2) is 74.5 Å². The molecule has 1 amide bonds. The molecule has 3 aromatic heterocycles. The number of benzene rings is 1. The summed E-state index contributed by atoms with van der Waals surface area (Å²) in [6, 6.07) is 9.50. The Balaban J connectivity index is 1.05. The molecule has 1 aliphatic heterocycles. The minimum absolute atomic E-state index is 0.0345. The maximum Gasteiger partial charge on any atom is 0.434 e. The summed E-state index contributed by atoms with van der Waals surface area (Å²) in [5, 5.41) is 4.28. The number of aromatic nitrogens is 5. The number of imidazole rings is 1. The largest absolute Gasteiger partial charge is 0.493 e. The third kappa shape index (κ3) is 7.08. The molecule has 1 N–H and O–H groups in total. The Hall–Kier alpha value is -4.14. The minimum atomic E-state index is -4.51. The molecule has 45 heavy (non-hydrogen) atoms. The molecule has 0 radical (unpaired) electrons. The number of nitrogens with zero attached hydrogens (tertiary/aromatic N) is 6. The van der Waals surface area contributed by atoms with Gasteiger partial charge in [-0.25, -0.2) is 18.4 Å². The number of nitrogens with one attached hydrogen (secondary N) is 1. The molecule has 2 aliphatic rings. The van der Waals surface area contributed by atoms with Crippen LogP contribution < -0.4 is 10.1 Å². The van der Waals surface area contributed by atoms with Crippen LogP contribution in [0.5, 0.6) is 5.75 Å². The molecular weight excluding hydrogens is 611 g/mol. The van der Waals surface area contributed by atoms with Gasteiger partial charge in [0.1, 0.15) is 27.2 Å². The fraction of sp³-hybridized carbons (Fsp3) is 0.467. The van der Waals surface area contributed by atoms with E-state index in [0.29, 0.717) is 56.5 Å². The number of rotatable bonds is 9. The van der Waals surface area contributed by atoms with E-state index in [4.69, 9.17) is 9.72 Å². The predicted octanol–water partition coefficient (Wildman–Crippen LogP) is 4.46. The van der Waals surface area contributed by atoms with Crippen molar-refractivity contribution in [3.63, 3.8) is 0 Å². The van der Waals surface area contributed by atoms with E-state index in [9.17, 15) is 26.4 Å². The van der Waals surface area contributed by atoms with Gasteiger partial charge in [-0.05, 0) is 56.4 Å². The van der Waals surface area contributed by atoms with Gasteiger partial charge in [-0.1, -0.05) is 6.07 Å². The van der Waals surface area contributed by atoms with Gasteiger partial charge in [0.15, 0.2) is 5.69 Å². The Bertz CT molecular complexity index is 1800. The summed E-state index contributed by atoms with van der Waals surface area (Å²) in [7, 11) is -3.04. The molecular formula is C30H34F3N7O4S. The lowest BCUT2D eigenvalue weighted by atomic mass is 9.85. The van der Waals surface area contributed by atoms with Gasteiger partial charge >= 0.3 is 6.18 Å². The normalized spacial score (nSPS) is 19.0. The van der Waals surface area contributed by atoms with Crippen molar-refractivity contribution in [2.24, 2.45) is 5.92 Å². The number of anilines is 1. The fourth-order valence-corrected chi connectivity index (χ4v) is 6.67. The van der Waals surface area contributed by atoms with E-state index in [1.165, 1.54) is 10.8 Å². The van der Waals surface area contributed by atoms with Gasteiger partial charge in [0.05, 0.1) is 24.4 Å². The lowest BCUT2D eigenvalue weighted by Gasteiger charge is -2.34. The monoisotopic (exact) mass is 645 g/mol. The van der Waals surface area contributed by atoms with E-state index in [1.807, 2.05) is 35.0 Å². The van der Waals surface area contributed by atoms with Crippen molar-refractivity contribution in [3.8, 4) is 11.6 Å². The molecule has 6 rings (SSSR count). The second kappa shape index (κ2) is 12.3. The molecule has 0 bridgehead atoms. The number of fused-ring (bicyclic) bond motifs is 2. The number of carbonyl (C=O) groups is 1.